The van der Waals surface area contributed by atoms with E-state index < -0.39 is 11.5 Å². The first kappa shape index (κ1) is 19.2. The van der Waals surface area contributed by atoms with E-state index in [4.69, 9.17) is 16.3 Å². The van der Waals surface area contributed by atoms with Gasteiger partial charge in [-0.25, -0.2) is 0 Å². The molecule has 4 heteroatoms. The highest BCUT2D eigenvalue weighted by molar-refractivity contribution is 6.31. The van der Waals surface area contributed by atoms with Crippen molar-refractivity contribution < 1.29 is 9.53 Å². The Morgan fingerprint density at radius 1 is 0.889 bits per heavy atom. The number of carbonyl (C=O) groups excluding carboxylic acids is 1. The lowest BCUT2D eigenvalue weighted by atomic mass is 9.65. The van der Waals surface area contributed by atoms with Crippen molar-refractivity contribution in [1.29, 1.82) is 0 Å². The number of rotatable bonds is 6. The highest BCUT2D eigenvalue weighted by atomic mass is 35.5. The number of benzene rings is 3. The van der Waals surface area contributed by atoms with Gasteiger partial charge in [-0.2, -0.15) is 0 Å². The van der Waals surface area contributed by atoms with Gasteiger partial charge in [0.25, 0.3) is 5.91 Å². The molecule has 27 heavy (non-hydrogen) atoms. The molecule has 1 unspecified atom stereocenters. The summed E-state index contributed by atoms with van der Waals surface area (Å²) in [4.78, 5) is 12.9. The van der Waals surface area contributed by atoms with E-state index in [1.807, 2.05) is 84.9 Å². The lowest BCUT2D eigenvalue weighted by molar-refractivity contribution is -0.133. The van der Waals surface area contributed by atoms with Crippen LogP contribution in [-0.2, 0) is 14.9 Å². The minimum absolute atomic E-state index is 0.342. The largest absolute Gasteiger partial charge is 0.370 e. The topological polar surface area (TPSA) is 40.4 Å². The summed E-state index contributed by atoms with van der Waals surface area (Å²) in [7, 11) is 3.02. The van der Waals surface area contributed by atoms with Crippen molar-refractivity contribution in [3.05, 3.63) is 107 Å². The van der Waals surface area contributed by atoms with Gasteiger partial charge in [0.15, 0.2) is 6.10 Å². The molecule has 3 rings (SSSR count). The molecule has 0 heterocycles. The van der Waals surface area contributed by atoms with Crippen LogP contribution >= 0.6 is 11.6 Å². The molecule has 0 spiro atoms. The highest BCUT2D eigenvalue weighted by Gasteiger charge is 2.49. The zero-order chi connectivity index (χ0) is 19.3. The quantitative estimate of drug-likeness (QED) is 0.594. The van der Waals surface area contributed by atoms with Crippen LogP contribution in [-0.4, -0.2) is 26.2 Å². The second-order valence-electron chi connectivity index (χ2n) is 6.20. The number of amides is 1. The standard InChI is InChI=1S/C23H21ClNO2/c1-25-22(26)21(27-2)23(17-11-5-3-6-12-17,18-13-7-4-8-14-18)19-15-9-10-16-20(19)24/h3-16,21H,1-2H3. The first-order valence-electron chi connectivity index (χ1n) is 8.68. The Labute approximate surface area is 164 Å². The normalized spacial score (nSPS) is 12.4. The minimum Gasteiger partial charge on any atom is -0.370 e. The number of ether oxygens (including phenoxy) is 1. The van der Waals surface area contributed by atoms with E-state index in [0.717, 1.165) is 16.7 Å². The molecule has 0 fully saturated rings. The third kappa shape index (κ3) is 3.36. The first-order chi connectivity index (χ1) is 13.2. The number of likely N-dealkylation sites (N-methyl/N-ethyl adjacent to an activating group) is 1. The summed E-state index contributed by atoms with van der Waals surface area (Å²) in [5, 5.41) is 4.49. The van der Waals surface area contributed by atoms with E-state index in [1.54, 1.807) is 0 Å². The van der Waals surface area contributed by atoms with Crippen LogP contribution < -0.4 is 5.32 Å². The fourth-order valence-corrected chi connectivity index (χ4v) is 3.97. The molecule has 0 aliphatic heterocycles. The monoisotopic (exact) mass is 378 g/mol. The molecule has 1 amide bonds. The summed E-state index contributed by atoms with van der Waals surface area (Å²) in [6.45, 7) is 0. The van der Waals surface area contributed by atoms with Gasteiger partial charge >= 0.3 is 0 Å². The van der Waals surface area contributed by atoms with Crippen LogP contribution in [0.25, 0.3) is 0 Å². The van der Waals surface area contributed by atoms with E-state index in [2.05, 4.69) is 5.32 Å². The van der Waals surface area contributed by atoms with Gasteiger partial charge < -0.3 is 4.74 Å². The first-order valence-corrected chi connectivity index (χ1v) is 9.06. The maximum atomic E-state index is 12.9. The Morgan fingerprint density at radius 3 is 1.81 bits per heavy atom. The van der Waals surface area contributed by atoms with Crippen LogP contribution in [0.15, 0.2) is 84.9 Å². The van der Waals surface area contributed by atoms with Crippen molar-refractivity contribution in [2.45, 2.75) is 11.5 Å². The van der Waals surface area contributed by atoms with E-state index in [0.29, 0.717) is 5.02 Å². The molecule has 0 saturated carbocycles. The molecule has 0 N–H and O–H groups in total. The third-order valence-corrected chi connectivity index (χ3v) is 5.16. The second kappa shape index (κ2) is 8.38. The summed E-state index contributed by atoms with van der Waals surface area (Å²) >= 11 is 6.66. The van der Waals surface area contributed by atoms with E-state index in [1.165, 1.54) is 14.2 Å². The number of nitrogens with zero attached hydrogens (tertiary/aromatic N) is 1. The second-order valence-corrected chi connectivity index (χ2v) is 6.60. The zero-order valence-electron chi connectivity index (χ0n) is 15.3. The predicted octanol–water partition coefficient (Wildman–Crippen LogP) is 4.45. The smallest absolute Gasteiger partial charge is 0.271 e. The third-order valence-electron chi connectivity index (χ3n) is 4.83. The molecule has 0 bridgehead atoms. The fourth-order valence-electron chi connectivity index (χ4n) is 3.68. The summed E-state index contributed by atoms with van der Waals surface area (Å²) < 4.78 is 5.78. The molecule has 0 aliphatic rings. The predicted molar refractivity (Wildman–Crippen MR) is 108 cm³/mol. The average Bonchev–Trinajstić information content (AvgIpc) is 2.73. The van der Waals surface area contributed by atoms with E-state index in [9.17, 15) is 4.79 Å². The Morgan fingerprint density at radius 2 is 1.37 bits per heavy atom. The maximum Gasteiger partial charge on any atom is 0.271 e. The molecule has 3 aromatic carbocycles. The zero-order valence-corrected chi connectivity index (χ0v) is 16.1. The number of hydrogen-bond acceptors (Lipinski definition) is 2. The van der Waals surface area contributed by atoms with Gasteiger partial charge in [-0.05, 0) is 22.8 Å². The number of methoxy groups -OCH3 is 1. The molecule has 1 atom stereocenters. The molecular weight excluding hydrogens is 358 g/mol. The SMILES string of the molecule is C[N]C(=O)C(OC)C(c1ccccc1)(c1ccccc1)c1ccccc1Cl. The Kier molecular flexibility index (Phi) is 5.94. The van der Waals surface area contributed by atoms with Crippen molar-refractivity contribution in [1.82, 2.24) is 5.32 Å². The summed E-state index contributed by atoms with van der Waals surface area (Å²) in [5.41, 5.74) is 1.68. The lowest BCUT2D eigenvalue weighted by Crippen LogP contribution is -2.50. The van der Waals surface area contributed by atoms with Crippen LogP contribution in [0, 0.1) is 0 Å². The van der Waals surface area contributed by atoms with Crippen LogP contribution in [0.2, 0.25) is 5.02 Å². The van der Waals surface area contributed by atoms with Crippen molar-refractivity contribution in [3.8, 4) is 0 Å². The molecule has 0 aliphatic carbocycles. The van der Waals surface area contributed by atoms with Crippen LogP contribution in [0.1, 0.15) is 16.7 Å². The Hall–Kier alpha value is -2.62. The number of carbonyl (C=O) groups is 1. The van der Waals surface area contributed by atoms with E-state index >= 15 is 0 Å². The summed E-state index contributed by atoms with van der Waals surface area (Å²) in [5.74, 6) is -0.342. The van der Waals surface area contributed by atoms with Gasteiger partial charge in [0.05, 0.1) is 5.41 Å². The maximum absolute atomic E-state index is 12.9. The van der Waals surface area contributed by atoms with Gasteiger partial charge in [0, 0.05) is 19.2 Å². The number of hydrogen-bond donors (Lipinski definition) is 0. The molecule has 137 valence electrons. The number of halogens is 1. The van der Waals surface area contributed by atoms with Crippen molar-refractivity contribution in [2.24, 2.45) is 0 Å². The van der Waals surface area contributed by atoms with Crippen molar-refractivity contribution >= 4 is 17.5 Å². The Bertz CT molecular complexity index is 857. The van der Waals surface area contributed by atoms with Gasteiger partial charge in [-0.15, -0.1) is 0 Å². The van der Waals surface area contributed by atoms with Crippen molar-refractivity contribution in [2.75, 3.05) is 14.2 Å². The molecule has 3 aromatic rings. The summed E-state index contributed by atoms with van der Waals surface area (Å²) in [6, 6.07) is 27.2. The molecule has 1 radical (unpaired) electrons. The minimum atomic E-state index is -0.938. The van der Waals surface area contributed by atoms with Gasteiger partial charge in [0.1, 0.15) is 0 Å². The summed E-state index contributed by atoms with van der Waals surface area (Å²) in [6.07, 6.45) is -0.868. The average molecular weight is 379 g/mol. The molecule has 0 saturated heterocycles. The van der Waals surface area contributed by atoms with Gasteiger partial charge in [0.2, 0.25) is 0 Å². The van der Waals surface area contributed by atoms with Crippen molar-refractivity contribution in [3.63, 3.8) is 0 Å². The van der Waals surface area contributed by atoms with Crippen LogP contribution in [0.3, 0.4) is 0 Å². The molecule has 0 aromatic heterocycles. The van der Waals surface area contributed by atoms with Gasteiger partial charge in [-0.1, -0.05) is 90.5 Å². The van der Waals surface area contributed by atoms with E-state index in [-0.39, 0.29) is 5.91 Å². The fraction of sp³-hybridized carbons (Fsp3) is 0.174. The van der Waals surface area contributed by atoms with Crippen LogP contribution in [0.4, 0.5) is 0 Å². The van der Waals surface area contributed by atoms with Crippen LogP contribution in [0.5, 0.6) is 0 Å². The van der Waals surface area contributed by atoms with Gasteiger partial charge in [-0.3, -0.25) is 10.1 Å². The highest BCUT2D eigenvalue weighted by Crippen LogP contribution is 2.46. The lowest BCUT2D eigenvalue weighted by Gasteiger charge is -2.40. The Balaban J connectivity index is 2.46. The molecule has 3 nitrogen and oxygen atoms in total. The molecular formula is C23H21ClNO2.